The van der Waals surface area contributed by atoms with Crippen molar-refractivity contribution in [2.45, 2.75) is 19.0 Å². The standard InChI is InChI=1S/C14H14BrN5S/c1-9(16)13(11-7-8-12(15)21-11)20-18-14(17-19-20)10-5-3-2-4-6-10/h2-9,13H,16H2,1H3. The number of aromatic nitrogens is 4. The Bertz CT molecular complexity index is 722. The Morgan fingerprint density at radius 1 is 1.19 bits per heavy atom. The smallest absolute Gasteiger partial charge is 0.204 e. The summed E-state index contributed by atoms with van der Waals surface area (Å²) in [4.78, 5) is 2.71. The minimum Gasteiger partial charge on any atom is -0.326 e. The van der Waals surface area contributed by atoms with Crippen LogP contribution in [0.15, 0.2) is 46.3 Å². The molecule has 5 nitrogen and oxygen atoms in total. The Morgan fingerprint density at radius 3 is 2.57 bits per heavy atom. The number of thiophene rings is 1. The number of nitrogens with zero attached hydrogens (tertiary/aromatic N) is 4. The van der Waals surface area contributed by atoms with Gasteiger partial charge in [0.05, 0.1) is 3.79 Å². The Hall–Kier alpha value is -1.57. The van der Waals surface area contributed by atoms with E-state index in [9.17, 15) is 0 Å². The van der Waals surface area contributed by atoms with E-state index in [1.807, 2.05) is 49.4 Å². The molecule has 0 aliphatic carbocycles. The molecule has 0 saturated carbocycles. The van der Waals surface area contributed by atoms with Crippen molar-refractivity contribution in [3.63, 3.8) is 0 Å². The predicted molar refractivity (Wildman–Crippen MR) is 87.1 cm³/mol. The van der Waals surface area contributed by atoms with E-state index >= 15 is 0 Å². The third-order valence-corrected chi connectivity index (χ3v) is 4.79. The van der Waals surface area contributed by atoms with Crippen LogP contribution in [0.3, 0.4) is 0 Å². The number of halogens is 1. The van der Waals surface area contributed by atoms with Crippen molar-refractivity contribution in [1.29, 1.82) is 0 Å². The largest absolute Gasteiger partial charge is 0.326 e. The van der Waals surface area contributed by atoms with Crippen LogP contribution in [-0.2, 0) is 0 Å². The normalized spacial score (nSPS) is 14.0. The first-order chi connectivity index (χ1) is 10.1. The lowest BCUT2D eigenvalue weighted by Crippen LogP contribution is -2.31. The predicted octanol–water partition coefficient (Wildman–Crippen LogP) is 3.10. The lowest BCUT2D eigenvalue weighted by Gasteiger charge is -2.17. The fourth-order valence-electron chi connectivity index (χ4n) is 2.12. The minimum absolute atomic E-state index is 0.117. The van der Waals surface area contributed by atoms with Crippen LogP contribution < -0.4 is 5.73 Å². The van der Waals surface area contributed by atoms with Crippen LogP contribution >= 0.6 is 27.3 Å². The van der Waals surface area contributed by atoms with E-state index in [-0.39, 0.29) is 12.1 Å². The average Bonchev–Trinajstić information content (AvgIpc) is 3.10. The molecule has 2 atom stereocenters. The van der Waals surface area contributed by atoms with Gasteiger partial charge in [0.2, 0.25) is 5.82 Å². The third-order valence-electron chi connectivity index (χ3n) is 3.09. The molecule has 0 aliphatic heterocycles. The highest BCUT2D eigenvalue weighted by Gasteiger charge is 2.23. The number of benzene rings is 1. The average molecular weight is 364 g/mol. The van der Waals surface area contributed by atoms with Crippen LogP contribution in [0.4, 0.5) is 0 Å². The van der Waals surface area contributed by atoms with Crippen LogP contribution in [0.2, 0.25) is 0 Å². The van der Waals surface area contributed by atoms with Gasteiger partial charge in [0, 0.05) is 16.5 Å². The molecule has 0 saturated heterocycles. The Morgan fingerprint density at radius 2 is 1.95 bits per heavy atom. The number of hydrogen-bond acceptors (Lipinski definition) is 5. The van der Waals surface area contributed by atoms with Crippen molar-refractivity contribution >= 4 is 27.3 Å². The molecule has 1 aromatic carbocycles. The summed E-state index contributed by atoms with van der Waals surface area (Å²) in [5.74, 6) is 0.608. The highest BCUT2D eigenvalue weighted by molar-refractivity contribution is 9.11. The maximum absolute atomic E-state index is 6.12. The molecule has 0 bridgehead atoms. The summed E-state index contributed by atoms with van der Waals surface area (Å²) in [6.45, 7) is 1.95. The Labute approximate surface area is 134 Å². The van der Waals surface area contributed by atoms with Gasteiger partial charge >= 0.3 is 0 Å². The maximum Gasteiger partial charge on any atom is 0.204 e. The molecular weight excluding hydrogens is 350 g/mol. The van der Waals surface area contributed by atoms with Gasteiger partial charge < -0.3 is 5.73 Å². The molecule has 0 amide bonds. The molecule has 2 heterocycles. The van der Waals surface area contributed by atoms with Crippen molar-refractivity contribution in [2.75, 3.05) is 0 Å². The summed E-state index contributed by atoms with van der Waals surface area (Å²) in [6, 6.07) is 13.6. The van der Waals surface area contributed by atoms with E-state index in [2.05, 4.69) is 31.3 Å². The summed E-state index contributed by atoms with van der Waals surface area (Å²) in [5, 5.41) is 12.8. The zero-order valence-electron chi connectivity index (χ0n) is 11.3. The second-order valence-electron chi connectivity index (χ2n) is 4.75. The molecular formula is C14H14BrN5S. The zero-order valence-corrected chi connectivity index (χ0v) is 13.8. The number of hydrogen-bond donors (Lipinski definition) is 1. The van der Waals surface area contributed by atoms with Crippen LogP contribution in [0.25, 0.3) is 11.4 Å². The van der Waals surface area contributed by atoms with Crippen LogP contribution in [0.1, 0.15) is 17.8 Å². The highest BCUT2D eigenvalue weighted by Crippen LogP contribution is 2.30. The molecule has 3 rings (SSSR count). The fraction of sp³-hybridized carbons (Fsp3) is 0.214. The fourth-order valence-corrected chi connectivity index (χ4v) is 3.74. The van der Waals surface area contributed by atoms with Gasteiger partial charge in [-0.05, 0) is 40.2 Å². The number of tetrazole rings is 1. The van der Waals surface area contributed by atoms with Crippen molar-refractivity contribution < 1.29 is 0 Å². The molecule has 3 aromatic rings. The van der Waals surface area contributed by atoms with Crippen LogP contribution in [-0.4, -0.2) is 26.2 Å². The van der Waals surface area contributed by atoms with Gasteiger partial charge in [0.25, 0.3) is 0 Å². The van der Waals surface area contributed by atoms with E-state index in [4.69, 9.17) is 5.73 Å². The molecule has 2 aromatic heterocycles. The molecule has 0 spiro atoms. The molecule has 21 heavy (non-hydrogen) atoms. The molecule has 2 unspecified atom stereocenters. The van der Waals surface area contributed by atoms with Gasteiger partial charge in [-0.3, -0.25) is 0 Å². The summed E-state index contributed by atoms with van der Waals surface area (Å²) in [6.07, 6.45) is 0. The van der Waals surface area contributed by atoms with Gasteiger partial charge in [0.1, 0.15) is 6.04 Å². The van der Waals surface area contributed by atoms with E-state index in [1.54, 1.807) is 16.1 Å². The van der Waals surface area contributed by atoms with E-state index in [0.717, 1.165) is 14.2 Å². The van der Waals surface area contributed by atoms with Crippen molar-refractivity contribution in [1.82, 2.24) is 20.2 Å². The first-order valence-electron chi connectivity index (χ1n) is 6.51. The van der Waals surface area contributed by atoms with Crippen molar-refractivity contribution in [2.24, 2.45) is 5.73 Å². The summed E-state index contributed by atoms with van der Waals surface area (Å²) in [7, 11) is 0. The van der Waals surface area contributed by atoms with Crippen molar-refractivity contribution in [3.05, 3.63) is 51.1 Å². The SMILES string of the molecule is CC(N)C(c1ccc(Br)s1)n1nnc(-c2ccccc2)n1. The quantitative estimate of drug-likeness (QED) is 0.772. The van der Waals surface area contributed by atoms with Gasteiger partial charge in [-0.25, -0.2) is 0 Å². The first kappa shape index (κ1) is 14.4. The van der Waals surface area contributed by atoms with E-state index in [1.165, 1.54) is 0 Å². The Kier molecular flexibility index (Phi) is 4.14. The number of rotatable bonds is 4. The van der Waals surface area contributed by atoms with Crippen LogP contribution in [0, 0.1) is 0 Å². The molecule has 0 radical (unpaired) electrons. The van der Waals surface area contributed by atoms with Gasteiger partial charge in [-0.15, -0.1) is 21.5 Å². The molecule has 7 heteroatoms. The van der Waals surface area contributed by atoms with E-state index in [0.29, 0.717) is 5.82 Å². The van der Waals surface area contributed by atoms with Crippen LogP contribution in [0.5, 0.6) is 0 Å². The minimum atomic E-state index is -0.119. The van der Waals surface area contributed by atoms with Crippen molar-refractivity contribution in [3.8, 4) is 11.4 Å². The lowest BCUT2D eigenvalue weighted by atomic mass is 10.1. The topological polar surface area (TPSA) is 69.6 Å². The summed E-state index contributed by atoms with van der Waals surface area (Å²) < 4.78 is 1.06. The molecule has 108 valence electrons. The summed E-state index contributed by atoms with van der Waals surface area (Å²) >= 11 is 5.11. The monoisotopic (exact) mass is 363 g/mol. The first-order valence-corrected chi connectivity index (χ1v) is 8.12. The zero-order chi connectivity index (χ0) is 14.8. The highest BCUT2D eigenvalue weighted by atomic mass is 79.9. The third kappa shape index (κ3) is 3.04. The molecule has 0 fully saturated rings. The second kappa shape index (κ2) is 6.05. The lowest BCUT2D eigenvalue weighted by molar-refractivity contribution is 0.405. The number of nitrogens with two attached hydrogens (primary N) is 1. The van der Waals surface area contributed by atoms with Gasteiger partial charge in [-0.1, -0.05) is 30.3 Å². The molecule has 2 N–H and O–H groups in total. The summed E-state index contributed by atoms with van der Waals surface area (Å²) in [5.41, 5.74) is 7.06. The maximum atomic E-state index is 6.12. The van der Waals surface area contributed by atoms with E-state index < -0.39 is 0 Å². The van der Waals surface area contributed by atoms with Gasteiger partial charge in [-0.2, -0.15) is 4.80 Å². The Balaban J connectivity index is 1.96. The molecule has 0 aliphatic rings. The van der Waals surface area contributed by atoms with Gasteiger partial charge in [0.15, 0.2) is 0 Å². The second-order valence-corrected chi connectivity index (χ2v) is 7.24.